The van der Waals surface area contributed by atoms with Gasteiger partial charge in [-0.05, 0) is 120 Å². The number of nitrogens with zero attached hydrogens (tertiary/aromatic N) is 5. The molecule has 9 aromatic rings. The Bertz CT molecular complexity index is 3310. The van der Waals surface area contributed by atoms with E-state index in [0.29, 0.717) is 46.1 Å². The van der Waals surface area contributed by atoms with Crippen LogP contribution in [-0.2, 0) is 11.3 Å². The van der Waals surface area contributed by atoms with Gasteiger partial charge in [0.2, 0.25) is 11.8 Å². The average molecular weight is 1010 g/mol. The van der Waals surface area contributed by atoms with Gasteiger partial charge in [0.1, 0.15) is 22.4 Å². The number of hydrogen-bond acceptors (Lipinski definition) is 10. The fourth-order valence-corrected chi connectivity index (χ4v) is 6.87. The van der Waals surface area contributed by atoms with E-state index in [-0.39, 0.29) is 0 Å². The number of carboxylic acids is 1. The van der Waals surface area contributed by atoms with Crippen LogP contribution in [0.5, 0.6) is 29.0 Å². The number of phenols is 1. The highest BCUT2D eigenvalue weighted by molar-refractivity contribution is 6.29. The van der Waals surface area contributed by atoms with Gasteiger partial charge in [-0.15, -0.1) is 0 Å². The number of rotatable bonds is 8. The van der Waals surface area contributed by atoms with Gasteiger partial charge in [0.15, 0.2) is 0 Å². The van der Waals surface area contributed by atoms with Gasteiger partial charge in [-0.2, -0.15) is 23.7 Å². The van der Waals surface area contributed by atoms with Gasteiger partial charge in [-0.1, -0.05) is 139 Å². The van der Waals surface area contributed by atoms with Crippen LogP contribution < -0.4 is 15.2 Å². The minimum Gasteiger partial charge on any atom is -0.508 e. The number of aliphatic carboxylic acids is 1. The third-order valence-electron chi connectivity index (χ3n) is 9.86. The van der Waals surface area contributed by atoms with Gasteiger partial charge < -0.3 is 25.4 Å². The number of benzene rings is 6. The molecule has 6 aromatic carbocycles. The van der Waals surface area contributed by atoms with Crippen LogP contribution in [0.15, 0.2) is 200 Å². The van der Waals surface area contributed by atoms with Crippen LogP contribution in [0.3, 0.4) is 0 Å². The van der Waals surface area contributed by atoms with Gasteiger partial charge in [0.25, 0.3) is 0 Å². The summed E-state index contributed by atoms with van der Waals surface area (Å²) < 4.78 is 43.4. The molecule has 3 heterocycles. The van der Waals surface area contributed by atoms with Crippen molar-refractivity contribution in [3.8, 4) is 74.5 Å². The average Bonchev–Trinajstić information content (AvgIpc) is 3.39. The Morgan fingerprint density at radius 2 is 0.919 bits per heavy atom. The first-order valence-corrected chi connectivity index (χ1v) is 22.8. The van der Waals surface area contributed by atoms with Crippen molar-refractivity contribution in [1.82, 2.24) is 15.0 Å². The summed E-state index contributed by atoms with van der Waals surface area (Å²) in [4.78, 5) is 21.5. The number of ether oxygens (including phenoxy) is 2. The van der Waals surface area contributed by atoms with E-state index in [1.807, 2.05) is 153 Å². The predicted molar refractivity (Wildman–Crippen MR) is 280 cm³/mol. The Kier molecular flexibility index (Phi) is 21.0. The quantitative estimate of drug-likeness (QED) is 0.123. The first-order chi connectivity index (χ1) is 35.5. The number of aromatic hydroxyl groups is 1. The van der Waals surface area contributed by atoms with Crippen LogP contribution in [0.1, 0.15) is 33.8 Å². The molecule has 0 aliphatic rings. The summed E-state index contributed by atoms with van der Waals surface area (Å²) >= 11 is 5.57. The number of carboxylic acid groups (broad SMARTS) is 1. The molecule has 0 atom stereocenters. The summed E-state index contributed by atoms with van der Waals surface area (Å²) in [6.45, 7) is 6.05. The van der Waals surface area contributed by atoms with Crippen LogP contribution in [0, 0.1) is 43.4 Å². The summed E-state index contributed by atoms with van der Waals surface area (Å²) in [6.07, 6.45) is -5.08. The van der Waals surface area contributed by atoms with Crippen molar-refractivity contribution in [2.24, 2.45) is 5.73 Å². The van der Waals surface area contributed by atoms with Gasteiger partial charge in [0.05, 0.1) is 23.3 Å². The number of phenolic OH excluding ortho intramolecular Hbond substituents is 1. The standard InChI is InChI=1S/C19H18N2O.C19H14N2O.C12H10O.C7H5ClN2.C2HF3O2/c2*1-14-10-15(13-20)11-19(21-14)22-18-9-5-8-17(12-18)16-6-3-2-4-7-16;13-12-8-4-7-11(9-12)10-5-2-1-3-6-10;1-5-2-6(4-9)3-7(8)10-5;3-2(4,5)1(6)7/h2-12H,13,20H2,1H3;2-12H,1H3;1-9,13H;2-3H,1H3;(H,6,7). The maximum atomic E-state index is 10.6. The Morgan fingerprint density at radius 3 is 1.32 bits per heavy atom. The van der Waals surface area contributed by atoms with Crippen LogP contribution in [-0.4, -0.2) is 37.3 Å². The number of carbonyl (C=O) groups is 1. The van der Waals surface area contributed by atoms with Crippen molar-refractivity contribution >= 4 is 17.6 Å². The predicted octanol–water partition coefficient (Wildman–Crippen LogP) is 14.6. The van der Waals surface area contributed by atoms with Crippen molar-refractivity contribution in [3.05, 3.63) is 239 Å². The second-order valence-corrected chi connectivity index (χ2v) is 16.1. The Balaban J connectivity index is 0.000000182. The number of nitriles is 2. The van der Waals surface area contributed by atoms with Crippen molar-refractivity contribution < 1.29 is 37.7 Å². The molecule has 3 aromatic heterocycles. The summed E-state index contributed by atoms with van der Waals surface area (Å²) in [7, 11) is 0. The Labute approximate surface area is 431 Å². The molecule has 0 saturated carbocycles. The summed E-state index contributed by atoms with van der Waals surface area (Å²) in [5, 5.41) is 34.2. The Hall–Kier alpha value is -9.34. The molecule has 0 unspecified atom stereocenters. The van der Waals surface area contributed by atoms with E-state index in [1.165, 1.54) is 6.07 Å². The molecule has 11 nitrogen and oxygen atoms in total. The number of aryl methyl sites for hydroxylation is 3. The Morgan fingerprint density at radius 1 is 0.541 bits per heavy atom. The van der Waals surface area contributed by atoms with E-state index in [9.17, 15) is 18.3 Å². The number of aromatic nitrogens is 3. The fourth-order valence-electron chi connectivity index (χ4n) is 6.62. The summed E-state index contributed by atoms with van der Waals surface area (Å²) in [5.74, 6) is 0.0204. The first-order valence-electron chi connectivity index (χ1n) is 22.4. The fraction of sp³-hybridized carbons (Fsp3) is 0.0847. The smallest absolute Gasteiger partial charge is 0.490 e. The normalized spacial score (nSPS) is 10.1. The number of alkyl halides is 3. The van der Waals surface area contributed by atoms with Gasteiger partial charge >= 0.3 is 12.1 Å². The molecular weight excluding hydrogens is 965 g/mol. The van der Waals surface area contributed by atoms with E-state index in [1.54, 1.807) is 37.3 Å². The second kappa shape index (κ2) is 27.9. The van der Waals surface area contributed by atoms with Crippen LogP contribution in [0.4, 0.5) is 13.2 Å². The number of halogens is 4. The lowest BCUT2D eigenvalue weighted by Crippen LogP contribution is -2.21. The summed E-state index contributed by atoms with van der Waals surface area (Å²) in [5.41, 5.74) is 16.9. The zero-order chi connectivity index (χ0) is 53.5. The molecule has 0 bridgehead atoms. The van der Waals surface area contributed by atoms with Crippen LogP contribution in [0.2, 0.25) is 5.15 Å². The van der Waals surface area contributed by atoms with Crippen molar-refractivity contribution in [3.63, 3.8) is 0 Å². The minimum absolute atomic E-state index is 0.307. The maximum absolute atomic E-state index is 10.6. The van der Waals surface area contributed by atoms with E-state index in [0.717, 1.165) is 61.8 Å². The lowest BCUT2D eigenvalue weighted by Gasteiger charge is -2.09. The van der Waals surface area contributed by atoms with E-state index >= 15 is 0 Å². The number of nitrogens with two attached hydrogens (primary N) is 1. The first kappa shape index (κ1) is 55.6. The zero-order valence-corrected chi connectivity index (χ0v) is 41.0. The molecular formula is C59H48ClF3N6O5. The highest BCUT2D eigenvalue weighted by Gasteiger charge is 2.38. The zero-order valence-electron chi connectivity index (χ0n) is 40.2. The molecule has 74 heavy (non-hydrogen) atoms. The molecule has 0 aliphatic heterocycles. The second-order valence-electron chi connectivity index (χ2n) is 15.7. The molecule has 0 radical (unpaired) electrons. The molecule has 15 heteroatoms. The maximum Gasteiger partial charge on any atom is 0.490 e. The number of pyridine rings is 3. The third kappa shape index (κ3) is 18.8. The van der Waals surface area contributed by atoms with Gasteiger partial charge in [0, 0.05) is 35.8 Å². The molecule has 372 valence electrons. The molecule has 0 aliphatic carbocycles. The SMILES string of the molecule is Cc1cc(C#N)cc(Cl)n1.Cc1cc(C#N)cc(Oc2cccc(-c3ccccc3)c2)n1.Cc1cc(CN)cc(Oc2cccc(-c3ccccc3)c2)n1.O=C(O)C(F)(F)F.Oc1cccc(-c2ccccc2)c1. The molecule has 4 N–H and O–H groups in total. The molecule has 0 amide bonds. The number of hydrogen-bond donors (Lipinski definition) is 3. The van der Waals surface area contributed by atoms with Gasteiger partial charge in [-0.25, -0.2) is 19.7 Å². The van der Waals surface area contributed by atoms with E-state index < -0.39 is 12.1 Å². The molecule has 0 saturated heterocycles. The van der Waals surface area contributed by atoms with Crippen molar-refractivity contribution in [1.29, 1.82) is 10.5 Å². The van der Waals surface area contributed by atoms with Crippen molar-refractivity contribution in [2.45, 2.75) is 33.5 Å². The van der Waals surface area contributed by atoms with Gasteiger partial charge in [-0.3, -0.25) is 0 Å². The van der Waals surface area contributed by atoms with Crippen LogP contribution >= 0.6 is 11.6 Å². The monoisotopic (exact) mass is 1010 g/mol. The minimum atomic E-state index is -5.08. The summed E-state index contributed by atoms with van der Waals surface area (Å²) in [6, 6.07) is 67.9. The molecule has 0 spiro atoms. The molecule has 9 rings (SSSR count). The van der Waals surface area contributed by atoms with Crippen molar-refractivity contribution in [2.75, 3.05) is 0 Å². The lowest BCUT2D eigenvalue weighted by atomic mass is 10.1. The third-order valence-corrected chi connectivity index (χ3v) is 10.1. The van der Waals surface area contributed by atoms with E-state index in [4.69, 9.17) is 47.2 Å². The molecule has 0 fully saturated rings. The highest BCUT2D eigenvalue weighted by Crippen LogP contribution is 2.29. The largest absolute Gasteiger partial charge is 0.508 e. The lowest BCUT2D eigenvalue weighted by molar-refractivity contribution is -0.192. The van der Waals surface area contributed by atoms with E-state index in [2.05, 4.69) is 51.4 Å². The van der Waals surface area contributed by atoms with Crippen LogP contribution in [0.25, 0.3) is 33.4 Å². The highest BCUT2D eigenvalue weighted by atomic mass is 35.5. The topological polar surface area (TPSA) is 188 Å².